The maximum atomic E-state index is 13.9. The zero-order valence-electron chi connectivity index (χ0n) is 22.9. The Balaban J connectivity index is 1.36. The van der Waals surface area contributed by atoms with Crippen molar-refractivity contribution in [3.05, 3.63) is 171 Å². The summed E-state index contributed by atoms with van der Waals surface area (Å²) in [4.78, 5) is 35.0. The van der Waals surface area contributed by atoms with E-state index in [2.05, 4.69) is 53.8 Å². The number of nitrogens with two attached hydrogens (primary N) is 1. The first-order valence-electron chi connectivity index (χ1n) is 14.4. The minimum atomic E-state index is -0.270. The summed E-state index contributed by atoms with van der Waals surface area (Å²) in [6.45, 7) is 0. The zero-order valence-corrected chi connectivity index (χ0v) is 22.9. The molecule has 0 aliphatic carbocycles. The van der Waals surface area contributed by atoms with Gasteiger partial charge in [-0.2, -0.15) is 0 Å². The Bertz CT molecular complexity index is 1890. The lowest BCUT2D eigenvalue weighted by molar-refractivity contribution is -0.610. The smallest absolute Gasteiger partial charge is 0.256 e. The molecule has 0 fully saturated rings. The van der Waals surface area contributed by atoms with E-state index in [1.54, 1.807) is 6.07 Å². The van der Waals surface area contributed by atoms with Crippen LogP contribution in [0.15, 0.2) is 137 Å². The predicted molar refractivity (Wildman–Crippen MR) is 162 cm³/mol. The van der Waals surface area contributed by atoms with Crippen LogP contribution >= 0.6 is 0 Å². The third-order valence-corrected chi connectivity index (χ3v) is 8.84. The molecule has 4 heterocycles. The topological polar surface area (TPSA) is 71.3 Å². The van der Waals surface area contributed by atoms with E-state index in [1.165, 1.54) is 0 Å². The summed E-state index contributed by atoms with van der Waals surface area (Å²) in [6, 6.07) is 41.8. The van der Waals surface area contributed by atoms with Crippen LogP contribution in [0.2, 0.25) is 0 Å². The highest BCUT2D eigenvalue weighted by molar-refractivity contribution is 6.15. The van der Waals surface area contributed by atoms with Gasteiger partial charge in [-0.05, 0) is 22.3 Å². The van der Waals surface area contributed by atoms with E-state index in [9.17, 15) is 9.59 Å². The molecule has 42 heavy (non-hydrogen) atoms. The largest absolute Gasteiger partial charge is 0.290 e. The van der Waals surface area contributed by atoms with Crippen LogP contribution in [0.5, 0.6) is 0 Å². The number of amidine groups is 1. The fourth-order valence-electron chi connectivity index (χ4n) is 7.06. The third-order valence-electron chi connectivity index (χ3n) is 8.84. The number of fused-ring (bicyclic) bond motifs is 5. The van der Waals surface area contributed by atoms with Crippen LogP contribution in [0.4, 0.5) is 5.82 Å². The Hall–Kier alpha value is -5.07. The van der Waals surface area contributed by atoms with E-state index in [0.717, 1.165) is 39.2 Å². The van der Waals surface area contributed by atoms with Crippen LogP contribution in [-0.2, 0) is 11.2 Å². The van der Waals surface area contributed by atoms with Gasteiger partial charge in [-0.15, -0.1) is 0 Å². The summed E-state index contributed by atoms with van der Waals surface area (Å²) in [7, 11) is 0. The van der Waals surface area contributed by atoms with Gasteiger partial charge in [0.2, 0.25) is 11.7 Å². The summed E-state index contributed by atoms with van der Waals surface area (Å²) >= 11 is 0. The lowest BCUT2D eigenvalue weighted by Crippen LogP contribution is -2.78. The van der Waals surface area contributed by atoms with Gasteiger partial charge in [0.1, 0.15) is 29.5 Å². The van der Waals surface area contributed by atoms with Crippen LogP contribution in [-0.4, -0.2) is 21.2 Å². The Labute approximate surface area is 243 Å². The molecule has 6 nitrogen and oxygen atoms in total. The van der Waals surface area contributed by atoms with Crippen molar-refractivity contribution < 1.29 is 10.1 Å². The van der Waals surface area contributed by atoms with E-state index in [0.29, 0.717) is 5.84 Å². The van der Waals surface area contributed by atoms with Crippen molar-refractivity contribution in [2.45, 2.75) is 30.6 Å². The van der Waals surface area contributed by atoms with Gasteiger partial charge in [-0.25, -0.2) is 4.57 Å². The molecule has 5 aromatic rings. The van der Waals surface area contributed by atoms with Gasteiger partial charge < -0.3 is 0 Å². The normalized spacial score (nSPS) is 22.3. The molecule has 0 spiro atoms. The third kappa shape index (κ3) is 3.80. The summed E-state index contributed by atoms with van der Waals surface area (Å²) in [5.74, 6) is 1.47. The van der Waals surface area contributed by atoms with Gasteiger partial charge in [0.05, 0.1) is 12.5 Å². The van der Waals surface area contributed by atoms with Crippen molar-refractivity contribution in [1.82, 2.24) is 9.47 Å². The molecule has 0 bridgehead atoms. The first kappa shape index (κ1) is 24.7. The number of rotatable bonds is 4. The zero-order chi connectivity index (χ0) is 28.2. The monoisotopic (exact) mass is 549 g/mol. The Morgan fingerprint density at radius 2 is 1.17 bits per heavy atom. The van der Waals surface area contributed by atoms with Crippen LogP contribution in [0.25, 0.3) is 0 Å². The number of amides is 1. The van der Waals surface area contributed by atoms with Crippen LogP contribution in [0, 0.1) is 0 Å². The highest BCUT2D eigenvalue weighted by Gasteiger charge is 2.50. The van der Waals surface area contributed by atoms with Crippen LogP contribution < -0.4 is 10.9 Å². The Kier molecular flexibility index (Phi) is 5.76. The molecule has 0 radical (unpaired) electrons. The maximum Gasteiger partial charge on any atom is 0.256 e. The Morgan fingerprint density at radius 1 is 0.643 bits per heavy atom. The number of hydrogen-bond donors (Lipinski definition) is 1. The predicted octanol–water partition coefficient (Wildman–Crippen LogP) is 5.02. The SMILES string of the molecule is O=C1Cc2cc(=O)n3c(c2C2=N[C@H](c4ccccc4)[C@@H](c4ccccc4)N12)[NH2+][C@H](c1ccccc1)[C@H]3c1ccccc1. The standard InChI is InChI=1S/C36H28N4O2/c41-28-21-27-22-29(42)40-34(26-19-11-4-12-20-26)32(24-15-7-2-8-16-24)38-36(40)30(27)35-37-31(23-13-5-1-6-14-23)33(39(28)35)25-17-9-3-10-18-25/h1-21,31-34,37H,22H2/p+1/t31-,32-,33-,34-/m1/s1. The Morgan fingerprint density at radius 3 is 1.76 bits per heavy atom. The van der Waals surface area contributed by atoms with Gasteiger partial charge in [0.15, 0.2) is 0 Å². The fourth-order valence-corrected chi connectivity index (χ4v) is 7.06. The number of carbonyl (C=O) groups excluding carboxylic acids is 1. The van der Waals surface area contributed by atoms with Crippen LogP contribution in [0.3, 0.4) is 0 Å². The average Bonchev–Trinajstić information content (AvgIpc) is 3.64. The van der Waals surface area contributed by atoms with E-state index >= 15 is 0 Å². The van der Waals surface area contributed by atoms with Crippen molar-refractivity contribution in [2.75, 3.05) is 0 Å². The maximum absolute atomic E-state index is 13.9. The fraction of sp³-hybridized carbons (Fsp3) is 0.139. The van der Waals surface area contributed by atoms with E-state index in [1.807, 2.05) is 82.3 Å². The van der Waals surface area contributed by atoms with Crippen molar-refractivity contribution >= 4 is 17.6 Å². The molecule has 1 aromatic heterocycles. The first-order chi connectivity index (χ1) is 20.7. The number of pyridine rings is 1. The van der Waals surface area contributed by atoms with Crippen LogP contribution in [0.1, 0.15) is 57.5 Å². The van der Waals surface area contributed by atoms with Gasteiger partial charge in [0, 0.05) is 11.6 Å². The summed E-state index contributed by atoms with van der Waals surface area (Å²) in [5.41, 5.74) is 5.87. The number of aromatic nitrogens is 1. The number of benzene rings is 4. The highest BCUT2D eigenvalue weighted by atomic mass is 16.2. The minimum absolute atomic E-state index is 0.0323. The second-order valence-electron chi connectivity index (χ2n) is 11.2. The molecule has 2 N–H and O–H groups in total. The van der Waals surface area contributed by atoms with Crippen molar-refractivity contribution in [1.29, 1.82) is 0 Å². The molecule has 3 aliphatic rings. The van der Waals surface area contributed by atoms with E-state index < -0.39 is 0 Å². The molecule has 8 rings (SSSR count). The van der Waals surface area contributed by atoms with Gasteiger partial charge in [-0.3, -0.25) is 24.8 Å². The minimum Gasteiger partial charge on any atom is -0.290 e. The first-order valence-corrected chi connectivity index (χ1v) is 14.4. The molecule has 0 saturated carbocycles. The molecule has 4 aromatic carbocycles. The van der Waals surface area contributed by atoms with Crippen molar-refractivity contribution in [2.24, 2.45) is 4.99 Å². The molecule has 0 saturated heterocycles. The van der Waals surface area contributed by atoms with Crippen molar-refractivity contribution in [3.63, 3.8) is 0 Å². The molecule has 204 valence electrons. The van der Waals surface area contributed by atoms with E-state index in [4.69, 9.17) is 4.99 Å². The second-order valence-corrected chi connectivity index (χ2v) is 11.2. The molecule has 4 atom stereocenters. The summed E-state index contributed by atoms with van der Waals surface area (Å²) in [5, 5.41) is 2.22. The van der Waals surface area contributed by atoms with Gasteiger partial charge in [-0.1, -0.05) is 121 Å². The second kappa shape index (κ2) is 9.79. The molecule has 1 amide bonds. The molecule has 3 aliphatic heterocycles. The number of hydrogen-bond acceptors (Lipinski definition) is 3. The van der Waals surface area contributed by atoms with E-state index in [-0.39, 0.29) is 42.1 Å². The van der Waals surface area contributed by atoms with Gasteiger partial charge >= 0.3 is 0 Å². The lowest BCUT2D eigenvalue weighted by Gasteiger charge is -2.33. The quantitative estimate of drug-likeness (QED) is 0.342. The molecule has 6 heteroatoms. The molecular formula is C36H29N4O2+. The van der Waals surface area contributed by atoms with Gasteiger partial charge in [0.25, 0.3) is 5.56 Å². The molecule has 0 unspecified atom stereocenters. The van der Waals surface area contributed by atoms with Crippen molar-refractivity contribution in [3.8, 4) is 0 Å². The number of nitrogens with zero attached hydrogens (tertiary/aromatic N) is 3. The lowest BCUT2D eigenvalue weighted by atomic mass is 9.91. The number of carbonyl (C=O) groups is 1. The number of quaternary nitrogens is 1. The highest BCUT2D eigenvalue weighted by Crippen LogP contribution is 2.47. The summed E-state index contributed by atoms with van der Waals surface area (Å²) < 4.78 is 1.93. The summed E-state index contributed by atoms with van der Waals surface area (Å²) in [6.07, 6.45) is 0.169. The number of aliphatic imine (C=N–C) groups is 1. The molecular weight excluding hydrogens is 520 g/mol. The average molecular weight is 550 g/mol.